The Morgan fingerprint density at radius 1 is 1.26 bits per heavy atom. The molecular weight excluding hydrogens is 240 g/mol. The molecule has 0 aliphatic rings. The molecule has 1 N–H and O–H groups in total. The predicted octanol–water partition coefficient (Wildman–Crippen LogP) is 2.39. The number of aldehydes is 1. The van der Waals surface area contributed by atoms with E-state index in [0.29, 0.717) is 11.5 Å². The lowest BCUT2D eigenvalue weighted by Gasteiger charge is -1.98. The van der Waals surface area contributed by atoms with Crippen LogP contribution in [0, 0.1) is 13.8 Å². The molecule has 1 aromatic carbocycles. The van der Waals surface area contributed by atoms with Crippen molar-refractivity contribution in [3.63, 3.8) is 0 Å². The Bertz CT molecular complexity index is 782. The normalized spacial score (nSPS) is 11.1. The van der Waals surface area contributed by atoms with Gasteiger partial charge >= 0.3 is 0 Å². The molecule has 0 amide bonds. The topological polar surface area (TPSA) is 63.6 Å². The Morgan fingerprint density at radius 2 is 2.05 bits per heavy atom. The Morgan fingerprint density at radius 3 is 2.74 bits per heavy atom. The first kappa shape index (κ1) is 11.6. The number of aromatic amines is 1. The van der Waals surface area contributed by atoms with Crippen LogP contribution in [0.2, 0.25) is 0 Å². The molecule has 0 atom stereocenters. The van der Waals surface area contributed by atoms with Gasteiger partial charge in [-0.15, -0.1) is 0 Å². The van der Waals surface area contributed by atoms with Crippen molar-refractivity contribution < 1.29 is 4.79 Å². The summed E-state index contributed by atoms with van der Waals surface area (Å²) in [5.41, 5.74) is 4.18. The molecule has 0 bridgehead atoms. The van der Waals surface area contributed by atoms with Gasteiger partial charge in [-0.3, -0.25) is 4.79 Å². The average molecular weight is 254 g/mol. The van der Waals surface area contributed by atoms with Gasteiger partial charge in [0.25, 0.3) is 0 Å². The molecule has 2 aromatic heterocycles. The molecule has 0 unspecified atom stereocenters. The van der Waals surface area contributed by atoms with Crippen LogP contribution in [-0.2, 0) is 7.05 Å². The number of hydrogen-bond donors (Lipinski definition) is 1. The van der Waals surface area contributed by atoms with Gasteiger partial charge in [0.1, 0.15) is 17.3 Å². The van der Waals surface area contributed by atoms with Gasteiger partial charge in [0.2, 0.25) is 0 Å². The summed E-state index contributed by atoms with van der Waals surface area (Å²) in [6, 6.07) is 5.98. The van der Waals surface area contributed by atoms with Gasteiger partial charge in [-0.1, -0.05) is 0 Å². The van der Waals surface area contributed by atoms with Crippen molar-refractivity contribution in [2.24, 2.45) is 7.05 Å². The number of aromatic nitrogens is 4. The van der Waals surface area contributed by atoms with E-state index in [-0.39, 0.29) is 0 Å². The van der Waals surface area contributed by atoms with Crippen LogP contribution in [0.25, 0.3) is 22.4 Å². The molecule has 2 heterocycles. The summed E-state index contributed by atoms with van der Waals surface area (Å²) in [4.78, 5) is 22.7. The van der Waals surface area contributed by atoms with Gasteiger partial charge in [0, 0.05) is 18.3 Å². The number of rotatable bonds is 2. The summed E-state index contributed by atoms with van der Waals surface area (Å²) < 4.78 is 2.04. The fourth-order valence-corrected chi connectivity index (χ4v) is 2.19. The molecule has 0 aliphatic carbocycles. The fraction of sp³-hybridized carbons (Fsp3) is 0.214. The third-order valence-corrected chi connectivity index (χ3v) is 3.41. The van der Waals surface area contributed by atoms with Crippen molar-refractivity contribution in [2.45, 2.75) is 13.8 Å². The molecule has 0 fully saturated rings. The molecule has 0 saturated heterocycles. The second-order valence-corrected chi connectivity index (χ2v) is 4.64. The summed E-state index contributed by atoms with van der Waals surface area (Å²) >= 11 is 0. The number of hydrogen-bond acceptors (Lipinski definition) is 3. The number of fused-ring (bicyclic) bond motifs is 1. The molecule has 0 spiro atoms. The first-order valence-corrected chi connectivity index (χ1v) is 6.05. The van der Waals surface area contributed by atoms with E-state index in [1.54, 1.807) is 0 Å². The number of benzene rings is 1. The van der Waals surface area contributed by atoms with Gasteiger partial charge in [0.05, 0.1) is 11.0 Å². The number of H-pyrrole nitrogens is 1. The van der Waals surface area contributed by atoms with Crippen molar-refractivity contribution in [1.82, 2.24) is 19.5 Å². The molecule has 0 radical (unpaired) electrons. The van der Waals surface area contributed by atoms with E-state index in [0.717, 1.165) is 34.4 Å². The Kier molecular flexibility index (Phi) is 2.48. The summed E-state index contributed by atoms with van der Waals surface area (Å²) in [6.07, 6.45) is 0.763. The third kappa shape index (κ3) is 1.74. The molecule has 0 aliphatic heterocycles. The Labute approximate surface area is 110 Å². The van der Waals surface area contributed by atoms with Crippen LogP contribution >= 0.6 is 0 Å². The van der Waals surface area contributed by atoms with Gasteiger partial charge < -0.3 is 9.55 Å². The molecular formula is C14H14N4O. The van der Waals surface area contributed by atoms with Crippen LogP contribution in [0.5, 0.6) is 0 Å². The molecule has 19 heavy (non-hydrogen) atoms. The van der Waals surface area contributed by atoms with Crippen LogP contribution in [0.15, 0.2) is 18.2 Å². The van der Waals surface area contributed by atoms with Crippen molar-refractivity contribution in [1.29, 1.82) is 0 Å². The quantitative estimate of drug-likeness (QED) is 0.714. The maximum absolute atomic E-state index is 10.8. The zero-order valence-corrected chi connectivity index (χ0v) is 11.1. The SMILES string of the molecule is Cc1[nH]c(-c2ccc3c(c2)nc(C)n3C)nc1C=O. The van der Waals surface area contributed by atoms with Crippen molar-refractivity contribution >= 4 is 17.3 Å². The average Bonchev–Trinajstić information content (AvgIpc) is 2.91. The van der Waals surface area contributed by atoms with Crippen LogP contribution in [0.3, 0.4) is 0 Å². The minimum atomic E-state index is 0.451. The summed E-state index contributed by atoms with van der Waals surface area (Å²) in [5, 5.41) is 0. The van der Waals surface area contributed by atoms with Gasteiger partial charge in [-0.25, -0.2) is 9.97 Å². The van der Waals surface area contributed by atoms with Crippen LogP contribution in [-0.4, -0.2) is 25.8 Å². The predicted molar refractivity (Wildman–Crippen MR) is 73.2 cm³/mol. The van der Waals surface area contributed by atoms with Gasteiger partial charge in [0.15, 0.2) is 6.29 Å². The number of aryl methyl sites for hydroxylation is 3. The lowest BCUT2D eigenvalue weighted by Crippen LogP contribution is -1.89. The van der Waals surface area contributed by atoms with Crippen LogP contribution in [0.1, 0.15) is 22.0 Å². The van der Waals surface area contributed by atoms with E-state index < -0.39 is 0 Å². The van der Waals surface area contributed by atoms with Crippen LogP contribution in [0.4, 0.5) is 0 Å². The van der Waals surface area contributed by atoms with E-state index in [9.17, 15) is 4.79 Å². The maximum Gasteiger partial charge on any atom is 0.170 e. The van der Waals surface area contributed by atoms with E-state index >= 15 is 0 Å². The number of carbonyl (C=O) groups excluding carboxylic acids is 1. The Hall–Kier alpha value is -2.43. The van der Waals surface area contributed by atoms with Crippen LogP contribution < -0.4 is 0 Å². The Balaban J connectivity index is 2.17. The molecule has 96 valence electrons. The lowest BCUT2D eigenvalue weighted by atomic mass is 10.2. The van der Waals surface area contributed by atoms with Gasteiger partial charge in [-0.2, -0.15) is 0 Å². The molecule has 0 saturated carbocycles. The smallest absolute Gasteiger partial charge is 0.170 e. The first-order chi connectivity index (χ1) is 9.10. The van der Waals surface area contributed by atoms with E-state index in [1.165, 1.54) is 0 Å². The highest BCUT2D eigenvalue weighted by molar-refractivity contribution is 5.82. The first-order valence-electron chi connectivity index (χ1n) is 6.05. The molecule has 5 heteroatoms. The molecule has 3 aromatic rings. The largest absolute Gasteiger partial charge is 0.341 e. The standard InChI is InChI=1S/C14H14N4O/c1-8-12(7-19)17-14(15-8)10-4-5-13-11(6-10)16-9(2)18(13)3/h4-7H,1-3H3,(H,15,17). The minimum absolute atomic E-state index is 0.451. The van der Waals surface area contributed by atoms with Crippen molar-refractivity contribution in [3.05, 3.63) is 35.4 Å². The minimum Gasteiger partial charge on any atom is -0.341 e. The van der Waals surface area contributed by atoms with E-state index in [4.69, 9.17) is 0 Å². The number of carbonyl (C=O) groups is 1. The fourth-order valence-electron chi connectivity index (χ4n) is 2.19. The highest BCUT2D eigenvalue weighted by Gasteiger charge is 2.10. The second kappa shape index (κ2) is 4.05. The van der Waals surface area contributed by atoms with E-state index in [2.05, 4.69) is 15.0 Å². The van der Waals surface area contributed by atoms with Gasteiger partial charge in [-0.05, 0) is 32.0 Å². The number of imidazole rings is 2. The number of nitrogens with zero attached hydrogens (tertiary/aromatic N) is 3. The highest BCUT2D eigenvalue weighted by Crippen LogP contribution is 2.23. The summed E-state index contributed by atoms with van der Waals surface area (Å²) in [6.45, 7) is 3.81. The monoisotopic (exact) mass is 254 g/mol. The number of nitrogens with one attached hydrogen (secondary N) is 1. The zero-order chi connectivity index (χ0) is 13.6. The van der Waals surface area contributed by atoms with Crippen molar-refractivity contribution in [3.8, 4) is 11.4 Å². The lowest BCUT2D eigenvalue weighted by molar-refractivity contribution is 0.111. The van der Waals surface area contributed by atoms with E-state index in [1.807, 2.05) is 43.7 Å². The van der Waals surface area contributed by atoms with Crippen molar-refractivity contribution in [2.75, 3.05) is 0 Å². The third-order valence-electron chi connectivity index (χ3n) is 3.41. The second-order valence-electron chi connectivity index (χ2n) is 4.64. The zero-order valence-electron chi connectivity index (χ0n) is 11.1. The summed E-state index contributed by atoms with van der Waals surface area (Å²) in [7, 11) is 1.99. The summed E-state index contributed by atoms with van der Waals surface area (Å²) in [5.74, 6) is 1.67. The maximum atomic E-state index is 10.8. The molecule has 3 rings (SSSR count). The highest BCUT2D eigenvalue weighted by atomic mass is 16.1. The molecule has 5 nitrogen and oxygen atoms in total.